The number of amides is 1. The summed E-state index contributed by atoms with van der Waals surface area (Å²) in [5.74, 6) is -0.0777. The first-order valence-corrected chi connectivity index (χ1v) is 6.65. The number of nitrogens with one attached hydrogen (secondary N) is 1. The lowest BCUT2D eigenvalue weighted by atomic mass is 10.1. The van der Waals surface area contributed by atoms with Gasteiger partial charge in [-0.2, -0.15) is 0 Å². The molecule has 2 N–H and O–H groups in total. The van der Waals surface area contributed by atoms with Crippen molar-refractivity contribution in [1.82, 2.24) is 9.88 Å². The number of carbonyl (C=O) groups excluding carboxylic acids is 1. The number of para-hydroxylation sites is 1. The Morgan fingerprint density at radius 3 is 2.80 bits per heavy atom. The molecule has 2 rings (SSSR count). The molecule has 5 nitrogen and oxygen atoms in total. The maximum Gasteiger partial charge on any atom is 0.256 e. The normalized spacial score (nSPS) is 10.9. The molecular formula is C15H20N2O3. The van der Waals surface area contributed by atoms with E-state index in [0.717, 1.165) is 16.6 Å². The number of ether oxygens (including phenoxy) is 1. The van der Waals surface area contributed by atoms with Gasteiger partial charge in [-0.05, 0) is 13.0 Å². The van der Waals surface area contributed by atoms with E-state index in [2.05, 4.69) is 4.98 Å². The van der Waals surface area contributed by atoms with Crippen molar-refractivity contribution in [2.75, 3.05) is 33.4 Å². The third-order valence-corrected chi connectivity index (χ3v) is 3.33. The van der Waals surface area contributed by atoms with Gasteiger partial charge in [-0.15, -0.1) is 0 Å². The number of aliphatic hydroxyl groups excluding tert-OH is 1. The number of carbonyl (C=O) groups is 1. The number of benzene rings is 1. The summed E-state index contributed by atoms with van der Waals surface area (Å²) in [5, 5.41) is 10.0. The largest absolute Gasteiger partial charge is 0.395 e. The zero-order valence-corrected chi connectivity index (χ0v) is 11.8. The number of nitrogens with zero attached hydrogens (tertiary/aromatic N) is 1. The number of hydrogen-bond acceptors (Lipinski definition) is 3. The molecule has 0 aliphatic rings. The minimum absolute atomic E-state index is 0.0587. The zero-order valence-electron chi connectivity index (χ0n) is 11.8. The topological polar surface area (TPSA) is 65.6 Å². The van der Waals surface area contributed by atoms with Crippen LogP contribution in [0.15, 0.2) is 24.3 Å². The summed E-state index contributed by atoms with van der Waals surface area (Å²) >= 11 is 0. The van der Waals surface area contributed by atoms with Crippen molar-refractivity contribution in [3.05, 3.63) is 35.5 Å². The average Bonchev–Trinajstić information content (AvgIpc) is 2.78. The minimum Gasteiger partial charge on any atom is -0.395 e. The van der Waals surface area contributed by atoms with Gasteiger partial charge in [0.1, 0.15) is 0 Å². The lowest BCUT2D eigenvalue weighted by molar-refractivity contribution is 0.0657. The van der Waals surface area contributed by atoms with Gasteiger partial charge in [-0.3, -0.25) is 4.79 Å². The number of aromatic amines is 1. The van der Waals surface area contributed by atoms with Crippen molar-refractivity contribution in [1.29, 1.82) is 0 Å². The SMILES string of the molecule is COCCN(CCO)C(=O)c1c(C)[nH]c2ccccc12. The first-order chi connectivity index (χ1) is 9.69. The molecule has 0 bridgehead atoms. The van der Waals surface area contributed by atoms with E-state index in [0.29, 0.717) is 25.3 Å². The number of hydrogen-bond donors (Lipinski definition) is 2. The van der Waals surface area contributed by atoms with E-state index in [-0.39, 0.29) is 12.5 Å². The van der Waals surface area contributed by atoms with Crippen LogP contribution in [-0.4, -0.2) is 54.3 Å². The first-order valence-electron chi connectivity index (χ1n) is 6.65. The van der Waals surface area contributed by atoms with Gasteiger partial charge in [0, 0.05) is 36.8 Å². The number of rotatable bonds is 6. The fourth-order valence-corrected chi connectivity index (χ4v) is 2.35. The Morgan fingerprint density at radius 2 is 2.10 bits per heavy atom. The van der Waals surface area contributed by atoms with Crippen molar-refractivity contribution in [3.63, 3.8) is 0 Å². The first kappa shape index (κ1) is 14.6. The van der Waals surface area contributed by atoms with Crippen LogP contribution < -0.4 is 0 Å². The zero-order chi connectivity index (χ0) is 14.5. The highest BCUT2D eigenvalue weighted by molar-refractivity contribution is 6.08. The molecule has 0 atom stereocenters. The van der Waals surface area contributed by atoms with E-state index in [1.165, 1.54) is 0 Å². The Morgan fingerprint density at radius 1 is 1.35 bits per heavy atom. The van der Waals surface area contributed by atoms with Crippen molar-refractivity contribution in [2.45, 2.75) is 6.92 Å². The molecule has 2 aromatic rings. The quantitative estimate of drug-likeness (QED) is 0.841. The van der Waals surface area contributed by atoms with Crippen molar-refractivity contribution in [2.24, 2.45) is 0 Å². The molecule has 0 aliphatic heterocycles. The van der Waals surface area contributed by atoms with E-state index < -0.39 is 0 Å². The van der Waals surface area contributed by atoms with Crippen molar-refractivity contribution < 1.29 is 14.6 Å². The predicted octanol–water partition coefficient (Wildman–Crippen LogP) is 1.56. The molecular weight excluding hydrogens is 256 g/mol. The van der Waals surface area contributed by atoms with Gasteiger partial charge in [0.05, 0.1) is 18.8 Å². The second-order valence-electron chi connectivity index (χ2n) is 4.68. The number of aromatic nitrogens is 1. The molecule has 0 aliphatic carbocycles. The molecule has 1 heterocycles. The van der Waals surface area contributed by atoms with E-state index >= 15 is 0 Å². The third kappa shape index (κ3) is 2.84. The maximum absolute atomic E-state index is 12.7. The molecule has 1 aromatic heterocycles. The fourth-order valence-electron chi connectivity index (χ4n) is 2.35. The van der Waals surface area contributed by atoms with Crippen LogP contribution in [0.1, 0.15) is 16.1 Å². The molecule has 0 radical (unpaired) electrons. The minimum atomic E-state index is -0.0777. The summed E-state index contributed by atoms with van der Waals surface area (Å²) in [7, 11) is 1.60. The molecule has 0 unspecified atom stereocenters. The van der Waals surface area contributed by atoms with Crippen LogP contribution in [-0.2, 0) is 4.74 Å². The molecule has 108 valence electrons. The van der Waals surface area contributed by atoms with Gasteiger partial charge in [-0.25, -0.2) is 0 Å². The Labute approximate surface area is 118 Å². The van der Waals surface area contributed by atoms with Gasteiger partial charge < -0.3 is 19.7 Å². The highest BCUT2D eigenvalue weighted by Crippen LogP contribution is 2.23. The van der Waals surface area contributed by atoms with Crippen LogP contribution >= 0.6 is 0 Å². The molecule has 0 saturated heterocycles. The van der Waals surface area contributed by atoms with Crippen molar-refractivity contribution in [3.8, 4) is 0 Å². The summed E-state index contributed by atoms with van der Waals surface area (Å²) in [6.45, 7) is 3.06. The molecule has 0 spiro atoms. The Hall–Kier alpha value is -1.85. The molecule has 0 fully saturated rings. The fraction of sp³-hybridized carbons (Fsp3) is 0.400. The van der Waals surface area contributed by atoms with E-state index in [1.807, 2.05) is 31.2 Å². The number of H-pyrrole nitrogens is 1. The highest BCUT2D eigenvalue weighted by atomic mass is 16.5. The molecule has 20 heavy (non-hydrogen) atoms. The maximum atomic E-state index is 12.7. The van der Waals surface area contributed by atoms with Crippen LogP contribution in [0.3, 0.4) is 0 Å². The van der Waals surface area contributed by atoms with E-state index in [1.54, 1.807) is 12.0 Å². The predicted molar refractivity (Wildman–Crippen MR) is 77.9 cm³/mol. The van der Waals surface area contributed by atoms with Gasteiger partial charge in [-0.1, -0.05) is 18.2 Å². The summed E-state index contributed by atoms with van der Waals surface area (Å²) in [6.07, 6.45) is 0. The van der Waals surface area contributed by atoms with Crippen LogP contribution in [0.2, 0.25) is 0 Å². The van der Waals surface area contributed by atoms with Gasteiger partial charge in [0.25, 0.3) is 5.91 Å². The van der Waals surface area contributed by atoms with Gasteiger partial charge in [0.2, 0.25) is 0 Å². The second-order valence-corrected chi connectivity index (χ2v) is 4.68. The van der Waals surface area contributed by atoms with E-state index in [9.17, 15) is 4.79 Å². The Bertz CT molecular complexity index is 592. The number of methoxy groups -OCH3 is 1. The number of aryl methyl sites for hydroxylation is 1. The lowest BCUT2D eigenvalue weighted by Crippen LogP contribution is -2.36. The molecule has 1 aromatic carbocycles. The Balaban J connectivity index is 2.35. The Kier molecular flexibility index (Phi) is 4.76. The molecule has 1 amide bonds. The molecule has 5 heteroatoms. The van der Waals surface area contributed by atoms with Crippen LogP contribution in [0.5, 0.6) is 0 Å². The molecule has 0 saturated carbocycles. The standard InChI is InChI=1S/C15H20N2O3/c1-11-14(12-5-3-4-6-13(12)16-11)15(19)17(7-9-18)8-10-20-2/h3-6,16,18H,7-10H2,1-2H3. The van der Waals surface area contributed by atoms with Gasteiger partial charge >= 0.3 is 0 Å². The van der Waals surface area contributed by atoms with Gasteiger partial charge in [0.15, 0.2) is 0 Å². The second kappa shape index (κ2) is 6.54. The number of aliphatic hydroxyl groups is 1. The number of fused-ring (bicyclic) bond motifs is 1. The average molecular weight is 276 g/mol. The highest BCUT2D eigenvalue weighted by Gasteiger charge is 2.21. The smallest absolute Gasteiger partial charge is 0.256 e. The lowest BCUT2D eigenvalue weighted by Gasteiger charge is -2.21. The summed E-state index contributed by atoms with van der Waals surface area (Å²) < 4.78 is 5.02. The summed E-state index contributed by atoms with van der Waals surface area (Å²) in [6, 6.07) is 7.73. The monoisotopic (exact) mass is 276 g/mol. The summed E-state index contributed by atoms with van der Waals surface area (Å²) in [5.41, 5.74) is 2.46. The summed E-state index contributed by atoms with van der Waals surface area (Å²) in [4.78, 5) is 17.5. The van der Waals surface area contributed by atoms with Crippen LogP contribution in [0, 0.1) is 6.92 Å². The van der Waals surface area contributed by atoms with E-state index in [4.69, 9.17) is 9.84 Å². The van der Waals surface area contributed by atoms with Crippen LogP contribution in [0.4, 0.5) is 0 Å². The van der Waals surface area contributed by atoms with Crippen molar-refractivity contribution >= 4 is 16.8 Å². The van der Waals surface area contributed by atoms with Crippen LogP contribution in [0.25, 0.3) is 10.9 Å². The third-order valence-electron chi connectivity index (χ3n) is 3.33.